The van der Waals surface area contributed by atoms with Gasteiger partial charge in [0.05, 0.1) is 20.3 Å². The first kappa shape index (κ1) is 13.9. The van der Waals surface area contributed by atoms with Crippen LogP contribution < -0.4 is 0 Å². The summed E-state index contributed by atoms with van der Waals surface area (Å²) >= 11 is 0. The summed E-state index contributed by atoms with van der Waals surface area (Å²) in [6, 6.07) is 0. The van der Waals surface area contributed by atoms with E-state index >= 15 is 0 Å². The largest absolute Gasteiger partial charge is 0.468 e. The second-order valence-corrected chi connectivity index (χ2v) is 6.35. The Kier molecular flexibility index (Phi) is 3.71. The van der Waals surface area contributed by atoms with Crippen LogP contribution in [0.1, 0.15) is 32.1 Å². The third-order valence-corrected chi connectivity index (χ3v) is 5.13. The molecular formula is C15H23NO4. The second kappa shape index (κ2) is 5.35. The summed E-state index contributed by atoms with van der Waals surface area (Å²) in [6.45, 7) is 2.66. The lowest BCUT2D eigenvalue weighted by molar-refractivity contribution is -0.156. The highest BCUT2D eigenvalue weighted by Gasteiger charge is 2.59. The zero-order valence-corrected chi connectivity index (χ0v) is 12.1. The molecule has 112 valence electrons. The molecule has 0 N–H and O–H groups in total. The van der Waals surface area contributed by atoms with Crippen LogP contribution in [0.3, 0.4) is 0 Å². The first-order valence-corrected chi connectivity index (χ1v) is 7.63. The van der Waals surface area contributed by atoms with Gasteiger partial charge in [-0.15, -0.1) is 0 Å². The van der Waals surface area contributed by atoms with E-state index in [0.29, 0.717) is 37.8 Å². The summed E-state index contributed by atoms with van der Waals surface area (Å²) in [6.07, 6.45) is 5.05. The monoisotopic (exact) mass is 281 g/mol. The zero-order valence-electron chi connectivity index (χ0n) is 12.1. The summed E-state index contributed by atoms with van der Waals surface area (Å²) in [7, 11) is 1.36. The van der Waals surface area contributed by atoms with Gasteiger partial charge in [-0.25, -0.2) is 0 Å². The summed E-state index contributed by atoms with van der Waals surface area (Å²) in [5, 5.41) is 0. The fourth-order valence-corrected chi connectivity index (χ4v) is 3.35. The van der Waals surface area contributed by atoms with Gasteiger partial charge in [-0.3, -0.25) is 9.59 Å². The van der Waals surface area contributed by atoms with Gasteiger partial charge in [-0.2, -0.15) is 0 Å². The molecule has 0 aromatic rings. The van der Waals surface area contributed by atoms with Crippen molar-refractivity contribution in [3.63, 3.8) is 0 Å². The van der Waals surface area contributed by atoms with Crippen molar-refractivity contribution >= 4 is 11.9 Å². The van der Waals surface area contributed by atoms with E-state index < -0.39 is 5.41 Å². The van der Waals surface area contributed by atoms with Crippen molar-refractivity contribution < 1.29 is 19.1 Å². The van der Waals surface area contributed by atoms with Gasteiger partial charge in [-0.1, -0.05) is 19.3 Å². The lowest BCUT2D eigenvalue weighted by Gasteiger charge is -2.35. The number of carbonyl (C=O) groups excluding carboxylic acids is 2. The van der Waals surface area contributed by atoms with E-state index in [2.05, 4.69) is 0 Å². The molecule has 1 aliphatic heterocycles. The van der Waals surface area contributed by atoms with Crippen LogP contribution >= 0.6 is 0 Å². The smallest absolute Gasteiger partial charge is 0.321 e. The maximum Gasteiger partial charge on any atom is 0.321 e. The Morgan fingerprint density at radius 3 is 2.55 bits per heavy atom. The third-order valence-electron chi connectivity index (χ3n) is 5.13. The highest BCUT2D eigenvalue weighted by Crippen LogP contribution is 2.48. The fraction of sp³-hybridized carbons (Fsp3) is 0.867. The van der Waals surface area contributed by atoms with Gasteiger partial charge in [0, 0.05) is 19.0 Å². The van der Waals surface area contributed by atoms with Crippen molar-refractivity contribution in [2.75, 3.05) is 33.4 Å². The van der Waals surface area contributed by atoms with Gasteiger partial charge in [0.15, 0.2) is 0 Å². The minimum absolute atomic E-state index is 0.0424. The molecule has 3 aliphatic rings. The van der Waals surface area contributed by atoms with Gasteiger partial charge in [-0.05, 0) is 18.8 Å². The Labute approximate surface area is 119 Å². The predicted molar refractivity (Wildman–Crippen MR) is 71.9 cm³/mol. The van der Waals surface area contributed by atoms with Crippen LogP contribution in [0.15, 0.2) is 0 Å². The van der Waals surface area contributed by atoms with E-state index in [-0.39, 0.29) is 11.9 Å². The number of amides is 1. The molecule has 0 aromatic carbocycles. The number of nitrogens with zero attached hydrogens (tertiary/aromatic N) is 1. The molecule has 0 spiro atoms. The van der Waals surface area contributed by atoms with Gasteiger partial charge < -0.3 is 14.4 Å². The lowest BCUT2D eigenvalue weighted by Crippen LogP contribution is -2.45. The van der Waals surface area contributed by atoms with Crippen LogP contribution in [0.4, 0.5) is 0 Å². The SMILES string of the molecule is COC(=O)C1(C(=O)N2CCOCC(C3CCC3)C2)CC1. The molecule has 5 heteroatoms. The minimum Gasteiger partial charge on any atom is -0.468 e. The van der Waals surface area contributed by atoms with E-state index in [9.17, 15) is 9.59 Å². The molecule has 1 heterocycles. The van der Waals surface area contributed by atoms with Crippen molar-refractivity contribution in [3.05, 3.63) is 0 Å². The van der Waals surface area contributed by atoms with Crippen molar-refractivity contribution in [2.45, 2.75) is 32.1 Å². The van der Waals surface area contributed by atoms with Gasteiger partial charge in [0.1, 0.15) is 5.41 Å². The van der Waals surface area contributed by atoms with E-state index in [1.807, 2.05) is 4.90 Å². The molecule has 3 rings (SSSR count). The molecule has 2 saturated carbocycles. The summed E-state index contributed by atoms with van der Waals surface area (Å²) in [5.41, 5.74) is -0.872. The molecule has 20 heavy (non-hydrogen) atoms. The first-order chi connectivity index (χ1) is 9.67. The molecule has 5 nitrogen and oxygen atoms in total. The second-order valence-electron chi connectivity index (χ2n) is 6.35. The molecule has 1 atom stereocenters. The standard InChI is InChI=1S/C15H23NO4/c1-19-14(18)15(5-6-15)13(17)16-7-8-20-10-12(9-16)11-3-2-4-11/h11-12H,2-10H2,1H3. The van der Waals surface area contributed by atoms with Crippen molar-refractivity contribution in [1.29, 1.82) is 0 Å². The molecule has 3 fully saturated rings. The Bertz CT molecular complexity index is 401. The van der Waals surface area contributed by atoms with Gasteiger partial charge in [0.25, 0.3) is 0 Å². The minimum atomic E-state index is -0.872. The Hall–Kier alpha value is -1.10. The maximum atomic E-state index is 12.7. The molecule has 2 aliphatic carbocycles. The number of esters is 1. The first-order valence-electron chi connectivity index (χ1n) is 7.63. The molecule has 1 saturated heterocycles. The van der Waals surface area contributed by atoms with E-state index in [1.54, 1.807) is 0 Å². The van der Waals surface area contributed by atoms with Crippen molar-refractivity contribution in [2.24, 2.45) is 17.3 Å². The summed E-state index contributed by atoms with van der Waals surface area (Å²) in [4.78, 5) is 26.4. The zero-order chi connectivity index (χ0) is 14.2. The molecular weight excluding hydrogens is 258 g/mol. The quantitative estimate of drug-likeness (QED) is 0.576. The van der Waals surface area contributed by atoms with Crippen LogP contribution in [0.5, 0.6) is 0 Å². The van der Waals surface area contributed by atoms with Crippen LogP contribution in [0.25, 0.3) is 0 Å². The van der Waals surface area contributed by atoms with E-state index in [1.165, 1.54) is 26.4 Å². The Morgan fingerprint density at radius 1 is 1.25 bits per heavy atom. The van der Waals surface area contributed by atoms with Crippen LogP contribution in [0, 0.1) is 17.3 Å². The number of rotatable bonds is 3. The lowest BCUT2D eigenvalue weighted by atomic mass is 9.76. The average molecular weight is 281 g/mol. The van der Waals surface area contributed by atoms with E-state index in [0.717, 1.165) is 13.2 Å². The third kappa shape index (κ3) is 2.32. The normalized spacial score (nSPS) is 29.2. The van der Waals surface area contributed by atoms with Gasteiger partial charge in [0.2, 0.25) is 5.91 Å². The van der Waals surface area contributed by atoms with Crippen LogP contribution in [-0.4, -0.2) is 50.2 Å². The molecule has 0 radical (unpaired) electrons. The highest BCUT2D eigenvalue weighted by molar-refractivity contribution is 6.05. The summed E-state index contributed by atoms with van der Waals surface area (Å²) in [5.74, 6) is 0.715. The number of methoxy groups -OCH3 is 1. The molecule has 0 bridgehead atoms. The Balaban J connectivity index is 1.68. The highest BCUT2D eigenvalue weighted by atomic mass is 16.5. The maximum absolute atomic E-state index is 12.7. The predicted octanol–water partition coefficient (Wildman–Crippen LogP) is 1.21. The fourth-order valence-electron chi connectivity index (χ4n) is 3.35. The number of hydrogen-bond donors (Lipinski definition) is 0. The van der Waals surface area contributed by atoms with Crippen molar-refractivity contribution in [1.82, 2.24) is 4.90 Å². The van der Waals surface area contributed by atoms with Crippen molar-refractivity contribution in [3.8, 4) is 0 Å². The topological polar surface area (TPSA) is 55.8 Å². The van der Waals surface area contributed by atoms with Gasteiger partial charge >= 0.3 is 5.97 Å². The molecule has 0 aromatic heterocycles. The number of hydrogen-bond acceptors (Lipinski definition) is 4. The van der Waals surface area contributed by atoms with E-state index in [4.69, 9.17) is 9.47 Å². The number of ether oxygens (including phenoxy) is 2. The van der Waals surface area contributed by atoms with Crippen LogP contribution in [-0.2, 0) is 19.1 Å². The number of carbonyl (C=O) groups is 2. The molecule has 1 unspecified atom stereocenters. The van der Waals surface area contributed by atoms with Crippen LogP contribution in [0.2, 0.25) is 0 Å². The summed E-state index contributed by atoms with van der Waals surface area (Å²) < 4.78 is 10.5. The Morgan fingerprint density at radius 2 is 2.00 bits per heavy atom. The molecule has 1 amide bonds. The average Bonchev–Trinajstić information content (AvgIpc) is 3.20.